The van der Waals surface area contributed by atoms with Crippen molar-refractivity contribution in [3.05, 3.63) is 47.7 Å². The molecular weight excluding hydrogens is 320 g/mol. The highest BCUT2D eigenvalue weighted by Gasteiger charge is 2.17. The Morgan fingerprint density at radius 3 is 2.64 bits per heavy atom. The third kappa shape index (κ3) is 6.29. The smallest absolute Gasteiger partial charge is 0.318 e. The number of rotatable bonds is 8. The van der Waals surface area contributed by atoms with Crippen molar-refractivity contribution in [1.82, 2.24) is 15.4 Å². The Hall–Kier alpha value is -2.83. The lowest BCUT2D eigenvalue weighted by molar-refractivity contribution is -0.116. The molecule has 0 spiro atoms. The Morgan fingerprint density at radius 2 is 2.00 bits per heavy atom. The van der Waals surface area contributed by atoms with Gasteiger partial charge >= 0.3 is 6.03 Å². The van der Waals surface area contributed by atoms with E-state index in [2.05, 4.69) is 15.8 Å². The Kier molecular flexibility index (Phi) is 7.00. The van der Waals surface area contributed by atoms with Crippen molar-refractivity contribution >= 4 is 17.8 Å². The second kappa shape index (κ2) is 9.46. The van der Waals surface area contributed by atoms with Crippen LogP contribution in [0.3, 0.4) is 0 Å². The van der Waals surface area contributed by atoms with Gasteiger partial charge in [0.2, 0.25) is 5.91 Å². The molecule has 2 aromatic rings. The maximum absolute atomic E-state index is 12.4. The molecule has 1 heterocycles. The number of hydrogen-bond acceptors (Lipinski definition) is 4. The molecule has 3 amide bonds. The SMILES string of the molecule is CCCCN(CC(=O)Nc1cc(C)on1)C(=O)NCc1ccccc1. The summed E-state index contributed by atoms with van der Waals surface area (Å²) in [6.45, 7) is 4.69. The third-order valence-corrected chi connectivity index (χ3v) is 3.59. The van der Waals surface area contributed by atoms with Gasteiger partial charge in [-0.1, -0.05) is 48.8 Å². The van der Waals surface area contributed by atoms with Crippen molar-refractivity contribution in [3.63, 3.8) is 0 Å². The zero-order chi connectivity index (χ0) is 18.1. The van der Waals surface area contributed by atoms with Crippen LogP contribution < -0.4 is 10.6 Å². The van der Waals surface area contributed by atoms with E-state index in [1.165, 1.54) is 4.90 Å². The van der Waals surface area contributed by atoms with Gasteiger partial charge in [0.15, 0.2) is 5.82 Å². The van der Waals surface area contributed by atoms with Gasteiger partial charge in [-0.3, -0.25) is 4.79 Å². The van der Waals surface area contributed by atoms with Gasteiger partial charge in [-0.25, -0.2) is 4.79 Å². The minimum atomic E-state index is -0.306. The van der Waals surface area contributed by atoms with Crippen molar-refractivity contribution in [2.24, 2.45) is 0 Å². The summed E-state index contributed by atoms with van der Waals surface area (Å²) < 4.78 is 4.91. The summed E-state index contributed by atoms with van der Waals surface area (Å²) in [5, 5.41) is 9.21. The number of amides is 3. The number of nitrogens with one attached hydrogen (secondary N) is 2. The quantitative estimate of drug-likeness (QED) is 0.771. The second-order valence-electron chi connectivity index (χ2n) is 5.79. The molecule has 0 aliphatic carbocycles. The average molecular weight is 344 g/mol. The van der Waals surface area contributed by atoms with E-state index in [1.54, 1.807) is 13.0 Å². The van der Waals surface area contributed by atoms with Crippen LogP contribution >= 0.6 is 0 Å². The monoisotopic (exact) mass is 344 g/mol. The molecule has 7 heteroatoms. The van der Waals surface area contributed by atoms with E-state index in [9.17, 15) is 9.59 Å². The highest BCUT2D eigenvalue weighted by Crippen LogP contribution is 2.07. The Balaban J connectivity index is 1.89. The van der Waals surface area contributed by atoms with Gasteiger partial charge in [0.05, 0.1) is 0 Å². The van der Waals surface area contributed by atoms with Gasteiger partial charge < -0.3 is 20.1 Å². The summed E-state index contributed by atoms with van der Waals surface area (Å²) in [6, 6.07) is 11.0. The molecule has 1 aromatic heterocycles. The molecule has 25 heavy (non-hydrogen) atoms. The molecular formula is C18H24N4O3. The van der Waals surface area contributed by atoms with Crippen molar-refractivity contribution in [1.29, 1.82) is 0 Å². The van der Waals surface area contributed by atoms with E-state index >= 15 is 0 Å². The first-order chi connectivity index (χ1) is 12.1. The van der Waals surface area contributed by atoms with E-state index in [1.807, 2.05) is 37.3 Å². The van der Waals surface area contributed by atoms with Crippen LogP contribution in [-0.2, 0) is 11.3 Å². The number of carbonyl (C=O) groups is 2. The molecule has 2 N–H and O–H groups in total. The summed E-state index contributed by atoms with van der Waals surface area (Å²) in [4.78, 5) is 26.1. The van der Waals surface area contributed by atoms with Crippen molar-refractivity contribution in [2.45, 2.75) is 33.2 Å². The number of anilines is 1. The summed E-state index contributed by atoms with van der Waals surface area (Å²) in [5.74, 6) is 0.653. The molecule has 0 saturated heterocycles. The summed E-state index contributed by atoms with van der Waals surface area (Å²) in [7, 11) is 0. The fourth-order valence-corrected chi connectivity index (χ4v) is 2.27. The molecule has 0 bridgehead atoms. The fourth-order valence-electron chi connectivity index (χ4n) is 2.27. The van der Waals surface area contributed by atoms with Crippen LogP contribution in [0.4, 0.5) is 10.6 Å². The first-order valence-electron chi connectivity index (χ1n) is 8.38. The van der Waals surface area contributed by atoms with E-state index < -0.39 is 0 Å². The maximum Gasteiger partial charge on any atom is 0.318 e. The number of urea groups is 1. The highest BCUT2D eigenvalue weighted by molar-refractivity contribution is 5.93. The summed E-state index contributed by atoms with van der Waals surface area (Å²) >= 11 is 0. The van der Waals surface area contributed by atoms with Crippen LogP contribution in [0.1, 0.15) is 31.1 Å². The van der Waals surface area contributed by atoms with Crippen LogP contribution in [-0.4, -0.2) is 35.1 Å². The van der Waals surface area contributed by atoms with Gasteiger partial charge in [0.25, 0.3) is 0 Å². The van der Waals surface area contributed by atoms with E-state index in [0.29, 0.717) is 24.7 Å². The first kappa shape index (κ1) is 18.5. The minimum Gasteiger partial charge on any atom is -0.360 e. The number of hydrogen-bond donors (Lipinski definition) is 2. The number of carbonyl (C=O) groups excluding carboxylic acids is 2. The Labute approximate surface area is 147 Å². The number of benzene rings is 1. The second-order valence-corrected chi connectivity index (χ2v) is 5.79. The molecule has 0 aliphatic rings. The lowest BCUT2D eigenvalue weighted by atomic mass is 10.2. The third-order valence-electron chi connectivity index (χ3n) is 3.59. The molecule has 0 radical (unpaired) electrons. The predicted molar refractivity (Wildman–Crippen MR) is 95.0 cm³/mol. The fraction of sp³-hybridized carbons (Fsp3) is 0.389. The van der Waals surface area contributed by atoms with E-state index in [0.717, 1.165) is 18.4 Å². The molecule has 1 aromatic carbocycles. The van der Waals surface area contributed by atoms with Gasteiger partial charge in [-0.15, -0.1) is 0 Å². The average Bonchev–Trinajstić information content (AvgIpc) is 3.02. The zero-order valence-corrected chi connectivity index (χ0v) is 14.6. The van der Waals surface area contributed by atoms with E-state index in [4.69, 9.17) is 4.52 Å². The molecule has 0 saturated carbocycles. The van der Waals surface area contributed by atoms with Crippen molar-refractivity contribution < 1.29 is 14.1 Å². The van der Waals surface area contributed by atoms with Gasteiger partial charge in [-0.05, 0) is 18.9 Å². The predicted octanol–water partition coefficient (Wildman–Crippen LogP) is 2.93. The van der Waals surface area contributed by atoms with Crippen LogP contribution in [0.25, 0.3) is 0 Å². The first-order valence-corrected chi connectivity index (χ1v) is 8.38. The molecule has 0 unspecified atom stereocenters. The normalized spacial score (nSPS) is 10.3. The lowest BCUT2D eigenvalue weighted by Gasteiger charge is -2.22. The molecule has 0 aliphatic heterocycles. The number of aromatic nitrogens is 1. The highest BCUT2D eigenvalue weighted by atomic mass is 16.5. The molecule has 2 rings (SSSR count). The van der Waals surface area contributed by atoms with Crippen molar-refractivity contribution in [3.8, 4) is 0 Å². The topological polar surface area (TPSA) is 87.5 Å². The molecule has 0 fully saturated rings. The standard InChI is InChI=1S/C18H24N4O3/c1-3-4-10-22(13-17(23)20-16-11-14(2)25-21-16)18(24)19-12-15-8-6-5-7-9-15/h5-9,11H,3-4,10,12-13H2,1-2H3,(H,19,24)(H,20,21,23). The van der Waals surface area contributed by atoms with Gasteiger partial charge in [0, 0.05) is 19.2 Å². The van der Waals surface area contributed by atoms with E-state index in [-0.39, 0.29) is 18.5 Å². The number of unbranched alkanes of at least 4 members (excludes halogenated alkanes) is 1. The lowest BCUT2D eigenvalue weighted by Crippen LogP contribution is -2.44. The Morgan fingerprint density at radius 1 is 1.24 bits per heavy atom. The Bertz CT molecular complexity index is 685. The summed E-state index contributed by atoms with van der Waals surface area (Å²) in [6.07, 6.45) is 1.77. The number of nitrogens with zero attached hydrogens (tertiary/aromatic N) is 2. The van der Waals surface area contributed by atoms with Gasteiger partial charge in [-0.2, -0.15) is 0 Å². The maximum atomic E-state index is 12.4. The molecule has 0 atom stereocenters. The van der Waals surface area contributed by atoms with Crippen molar-refractivity contribution in [2.75, 3.05) is 18.4 Å². The molecule has 7 nitrogen and oxygen atoms in total. The van der Waals surface area contributed by atoms with Crippen LogP contribution in [0.2, 0.25) is 0 Å². The minimum absolute atomic E-state index is 0.0352. The number of aryl methyl sites for hydroxylation is 1. The van der Waals surface area contributed by atoms with Gasteiger partial charge in [0.1, 0.15) is 12.3 Å². The molecule has 134 valence electrons. The largest absolute Gasteiger partial charge is 0.360 e. The van der Waals surface area contributed by atoms with Crippen LogP contribution in [0.5, 0.6) is 0 Å². The van der Waals surface area contributed by atoms with Crippen LogP contribution in [0, 0.1) is 6.92 Å². The zero-order valence-electron chi connectivity index (χ0n) is 14.6. The summed E-state index contributed by atoms with van der Waals surface area (Å²) in [5.41, 5.74) is 1.01. The van der Waals surface area contributed by atoms with Crippen LogP contribution in [0.15, 0.2) is 40.9 Å².